The molecular weight excluding hydrogens is 442 g/mol. The van der Waals surface area contributed by atoms with Crippen LogP contribution in [0.4, 0.5) is 0 Å². The minimum atomic E-state index is -0.702. The highest BCUT2D eigenvalue weighted by atomic mass is 32.2. The molecule has 164 valence electrons. The largest absolute Gasteiger partial charge is 0.400 e. The van der Waals surface area contributed by atoms with Crippen molar-refractivity contribution in [3.8, 4) is 0 Å². The average Bonchev–Trinajstić information content (AvgIpc) is 3.54. The second-order valence-electron chi connectivity index (χ2n) is 8.09. The predicted octanol–water partition coefficient (Wildman–Crippen LogP) is 3.49. The van der Waals surface area contributed by atoms with Gasteiger partial charge in [-0.15, -0.1) is 11.3 Å². The minimum Gasteiger partial charge on any atom is -0.400 e. The fourth-order valence-corrected chi connectivity index (χ4v) is 5.51. The second kappa shape index (κ2) is 8.65. The van der Waals surface area contributed by atoms with Crippen molar-refractivity contribution in [3.63, 3.8) is 0 Å². The van der Waals surface area contributed by atoms with E-state index in [0.29, 0.717) is 38.4 Å². The number of nitrogens with two attached hydrogens (primary N) is 1. The van der Waals surface area contributed by atoms with Gasteiger partial charge in [0, 0.05) is 59.4 Å². The van der Waals surface area contributed by atoms with Gasteiger partial charge >= 0.3 is 0 Å². The summed E-state index contributed by atoms with van der Waals surface area (Å²) in [5.74, 6) is 0.0373. The summed E-state index contributed by atoms with van der Waals surface area (Å²) in [4.78, 5) is 25.2. The lowest BCUT2D eigenvalue weighted by Crippen LogP contribution is -2.47. The minimum absolute atomic E-state index is 0.0373. The summed E-state index contributed by atoms with van der Waals surface area (Å²) in [6.45, 7) is 3.72. The number of hydrogen-bond donors (Lipinski definition) is 1. The van der Waals surface area contributed by atoms with Gasteiger partial charge in [-0.1, -0.05) is 6.07 Å². The van der Waals surface area contributed by atoms with Gasteiger partial charge in [0.25, 0.3) is 0 Å². The number of thiazole rings is 1. The number of rotatable bonds is 5. The number of carbonyl (C=O) groups excluding carboxylic acids is 1. The highest BCUT2D eigenvalue weighted by Gasteiger charge is 2.47. The lowest BCUT2D eigenvalue weighted by Gasteiger charge is -2.31. The fraction of sp³-hybridized carbons (Fsp3) is 0.304. The number of amides is 1. The number of carbonyl (C=O) groups is 1. The van der Waals surface area contributed by atoms with E-state index < -0.39 is 5.41 Å². The molecule has 2 aliphatic heterocycles. The first kappa shape index (κ1) is 21.1. The number of hydrogen-bond acceptors (Lipinski definition) is 8. The van der Waals surface area contributed by atoms with E-state index in [4.69, 9.17) is 10.5 Å². The van der Waals surface area contributed by atoms with Gasteiger partial charge in [0.1, 0.15) is 5.41 Å². The maximum atomic E-state index is 13.6. The van der Waals surface area contributed by atoms with E-state index in [1.165, 1.54) is 11.9 Å². The van der Waals surface area contributed by atoms with E-state index in [2.05, 4.69) is 20.4 Å². The summed E-state index contributed by atoms with van der Waals surface area (Å²) in [6, 6.07) is 10.0. The molecule has 0 spiro atoms. The lowest BCUT2D eigenvalue weighted by molar-refractivity contribution is -0.136. The van der Waals surface area contributed by atoms with Crippen molar-refractivity contribution in [3.05, 3.63) is 64.6 Å². The van der Waals surface area contributed by atoms with Crippen molar-refractivity contribution in [2.45, 2.75) is 23.7 Å². The molecule has 4 heterocycles. The molecule has 1 amide bonds. The van der Waals surface area contributed by atoms with Crippen molar-refractivity contribution in [1.82, 2.24) is 14.9 Å². The van der Waals surface area contributed by atoms with Crippen LogP contribution in [0.25, 0.3) is 10.2 Å². The number of benzene rings is 1. The van der Waals surface area contributed by atoms with Crippen LogP contribution in [0.1, 0.15) is 17.7 Å². The van der Waals surface area contributed by atoms with Gasteiger partial charge in [0.2, 0.25) is 5.91 Å². The highest BCUT2D eigenvalue weighted by Crippen LogP contribution is 2.36. The maximum absolute atomic E-state index is 13.6. The van der Waals surface area contributed by atoms with Crippen LogP contribution in [0.5, 0.6) is 0 Å². The van der Waals surface area contributed by atoms with E-state index in [-0.39, 0.29) is 5.91 Å². The molecule has 0 bridgehead atoms. The van der Waals surface area contributed by atoms with E-state index in [9.17, 15) is 4.79 Å². The molecule has 7 nitrogen and oxygen atoms in total. The molecule has 0 saturated carbocycles. The van der Waals surface area contributed by atoms with Crippen molar-refractivity contribution in [2.75, 3.05) is 26.3 Å². The van der Waals surface area contributed by atoms with Crippen LogP contribution in [0, 0.1) is 6.92 Å². The van der Waals surface area contributed by atoms with Gasteiger partial charge in [-0.2, -0.15) is 0 Å². The first-order valence-electron chi connectivity index (χ1n) is 10.4. The molecule has 2 N–H and O–H groups in total. The van der Waals surface area contributed by atoms with Crippen molar-refractivity contribution in [1.29, 1.82) is 0 Å². The Kier molecular flexibility index (Phi) is 5.71. The monoisotopic (exact) mass is 465 g/mol. The molecule has 1 unspecified atom stereocenters. The summed E-state index contributed by atoms with van der Waals surface area (Å²) in [7, 11) is 0. The van der Waals surface area contributed by atoms with Gasteiger partial charge < -0.3 is 15.4 Å². The first-order valence-corrected chi connectivity index (χ1v) is 12.0. The topological polar surface area (TPSA) is 93.7 Å². The van der Waals surface area contributed by atoms with Gasteiger partial charge in [-0.25, -0.2) is 9.38 Å². The molecule has 1 aromatic carbocycles. The quantitative estimate of drug-likeness (QED) is 0.458. The summed E-state index contributed by atoms with van der Waals surface area (Å²) in [5.41, 5.74) is 11.8. The summed E-state index contributed by atoms with van der Waals surface area (Å²) >= 11 is 3.00. The van der Waals surface area contributed by atoms with Crippen molar-refractivity contribution in [2.24, 2.45) is 10.1 Å². The van der Waals surface area contributed by atoms with E-state index in [0.717, 1.165) is 31.9 Å². The molecule has 2 aromatic heterocycles. The van der Waals surface area contributed by atoms with Crippen molar-refractivity contribution < 1.29 is 9.53 Å². The van der Waals surface area contributed by atoms with Crippen LogP contribution in [0.2, 0.25) is 0 Å². The highest BCUT2D eigenvalue weighted by molar-refractivity contribution is 7.98. The Morgan fingerprint density at radius 1 is 1.31 bits per heavy atom. The Hall–Kier alpha value is -2.75. The number of pyridine rings is 1. The van der Waals surface area contributed by atoms with Crippen LogP contribution >= 0.6 is 23.3 Å². The number of aromatic nitrogens is 2. The summed E-state index contributed by atoms with van der Waals surface area (Å²) in [5, 5.41) is 0. The van der Waals surface area contributed by atoms with Crippen LogP contribution < -0.4 is 5.73 Å². The maximum Gasteiger partial charge on any atom is 0.236 e. The molecule has 1 saturated heterocycles. The molecule has 9 heteroatoms. The summed E-state index contributed by atoms with van der Waals surface area (Å²) in [6.07, 6.45) is 4.22. The number of ether oxygens (including phenoxy) is 1. The van der Waals surface area contributed by atoms with Crippen molar-refractivity contribution >= 4 is 45.6 Å². The molecule has 0 radical (unpaired) electrons. The van der Waals surface area contributed by atoms with Gasteiger partial charge in [0.15, 0.2) is 0 Å². The lowest BCUT2D eigenvalue weighted by atomic mass is 9.79. The smallest absolute Gasteiger partial charge is 0.236 e. The number of aryl methyl sites for hydroxylation is 1. The SMILES string of the molecule is Cc1ccc(C2(C(=O)N3CC(N)=C(C=NSc4ccc5ncsc5c4)C3)CCOC2)cn1. The Bertz CT molecular complexity index is 1210. The zero-order chi connectivity index (χ0) is 22.1. The average molecular weight is 466 g/mol. The van der Waals surface area contributed by atoms with E-state index >= 15 is 0 Å². The van der Waals surface area contributed by atoms with Crippen LogP contribution in [0.15, 0.2) is 62.6 Å². The Morgan fingerprint density at radius 2 is 2.22 bits per heavy atom. The zero-order valence-corrected chi connectivity index (χ0v) is 19.3. The standard InChI is InChI=1S/C23H23N5O2S2/c1-15-2-3-17(10-25-15)23(6-7-30-13-23)22(29)28-11-16(19(24)12-28)9-27-32-18-4-5-20-21(8-18)31-14-26-20/h2-5,8-10,14H,6-7,11-13,24H2,1H3. The number of fused-ring (bicyclic) bond motifs is 1. The molecule has 3 aromatic rings. The molecular formula is C23H23N5O2S2. The van der Waals surface area contributed by atoms with Gasteiger partial charge in [0.05, 0.1) is 28.9 Å². The van der Waals surface area contributed by atoms with Crippen LogP contribution in [-0.4, -0.2) is 53.3 Å². The molecule has 32 heavy (non-hydrogen) atoms. The first-order chi connectivity index (χ1) is 15.5. The third kappa shape index (κ3) is 3.92. The molecule has 1 atom stereocenters. The second-order valence-corrected chi connectivity index (χ2v) is 9.84. The molecule has 2 aliphatic rings. The molecule has 1 fully saturated rings. The van der Waals surface area contributed by atoms with Crippen LogP contribution in [0.3, 0.4) is 0 Å². The summed E-state index contributed by atoms with van der Waals surface area (Å²) < 4.78 is 11.3. The Balaban J connectivity index is 1.28. The van der Waals surface area contributed by atoms with E-state index in [1.807, 2.05) is 36.7 Å². The van der Waals surface area contributed by atoms with E-state index in [1.54, 1.807) is 28.6 Å². The van der Waals surface area contributed by atoms with Gasteiger partial charge in [-0.05, 0) is 43.2 Å². The fourth-order valence-electron chi connectivity index (χ4n) is 4.12. The molecule has 0 aliphatic carbocycles. The molecule has 5 rings (SSSR count). The third-order valence-corrected chi connectivity index (χ3v) is 7.45. The zero-order valence-electron chi connectivity index (χ0n) is 17.7. The Labute approximate surface area is 194 Å². The van der Waals surface area contributed by atoms with Crippen LogP contribution in [-0.2, 0) is 14.9 Å². The number of nitrogens with zero attached hydrogens (tertiary/aromatic N) is 4. The third-order valence-electron chi connectivity index (χ3n) is 5.99. The van der Waals surface area contributed by atoms with Gasteiger partial charge in [-0.3, -0.25) is 9.78 Å². The predicted molar refractivity (Wildman–Crippen MR) is 128 cm³/mol. The Morgan fingerprint density at radius 3 is 3.00 bits per heavy atom. The normalized spacial score (nSPS) is 21.3.